The smallest absolute Gasteiger partial charge is 0.247 e. The zero-order chi connectivity index (χ0) is 13.7. The fourth-order valence-electron chi connectivity index (χ4n) is 3.07. The number of nitrogens with one attached hydrogen (secondary N) is 1. The first-order chi connectivity index (χ1) is 9.72. The lowest BCUT2D eigenvalue weighted by atomic mass is 9.91. The van der Waals surface area contributed by atoms with Crippen molar-refractivity contribution in [3.8, 4) is 0 Å². The molecule has 4 heteroatoms. The van der Waals surface area contributed by atoms with E-state index in [2.05, 4.69) is 17.4 Å². The van der Waals surface area contributed by atoms with Crippen molar-refractivity contribution in [2.45, 2.75) is 19.0 Å². The maximum absolute atomic E-state index is 13.5. The number of carbonyl (C=O) groups excluding carboxylic acids is 1. The molecule has 20 heavy (non-hydrogen) atoms. The number of hydrogen-bond acceptors (Lipinski definition) is 2. The van der Waals surface area contributed by atoms with Crippen molar-refractivity contribution in [2.75, 3.05) is 10.2 Å². The van der Waals surface area contributed by atoms with E-state index >= 15 is 0 Å². The van der Waals surface area contributed by atoms with Gasteiger partial charge in [-0.2, -0.15) is 0 Å². The predicted molar refractivity (Wildman–Crippen MR) is 75.1 cm³/mol. The van der Waals surface area contributed by atoms with E-state index in [4.69, 9.17) is 0 Å². The van der Waals surface area contributed by atoms with Gasteiger partial charge in [0, 0.05) is 13.0 Å². The minimum absolute atomic E-state index is 0.0152. The molecule has 0 fully saturated rings. The summed E-state index contributed by atoms with van der Waals surface area (Å²) < 4.78 is 13.5. The molecule has 2 aliphatic rings. The summed E-state index contributed by atoms with van der Waals surface area (Å²) in [7, 11) is 0. The van der Waals surface area contributed by atoms with Crippen LogP contribution in [0.15, 0.2) is 42.5 Å². The number of benzene rings is 2. The average molecular weight is 268 g/mol. The van der Waals surface area contributed by atoms with E-state index in [0.29, 0.717) is 18.7 Å². The van der Waals surface area contributed by atoms with Crippen molar-refractivity contribution < 1.29 is 9.18 Å². The minimum Gasteiger partial charge on any atom is -0.353 e. The molecule has 100 valence electrons. The second-order valence-electron chi connectivity index (χ2n) is 5.27. The Morgan fingerprint density at radius 1 is 1.15 bits per heavy atom. The van der Waals surface area contributed by atoms with Gasteiger partial charge in [0.1, 0.15) is 11.9 Å². The number of rotatable bonds is 0. The fourth-order valence-corrected chi connectivity index (χ4v) is 3.07. The Labute approximate surface area is 116 Å². The zero-order valence-corrected chi connectivity index (χ0v) is 10.8. The molecule has 0 aromatic heterocycles. The molecule has 0 radical (unpaired) electrons. The fraction of sp³-hybridized carbons (Fsp3) is 0.188. The Bertz CT molecular complexity index is 713. The number of halogens is 1. The van der Waals surface area contributed by atoms with Crippen molar-refractivity contribution in [2.24, 2.45) is 0 Å². The molecule has 1 N–H and O–H groups in total. The molecule has 2 aromatic rings. The molecule has 0 bridgehead atoms. The van der Waals surface area contributed by atoms with Crippen LogP contribution in [0.4, 0.5) is 15.8 Å². The van der Waals surface area contributed by atoms with E-state index in [1.807, 2.05) is 17.0 Å². The third-order valence-corrected chi connectivity index (χ3v) is 4.08. The van der Waals surface area contributed by atoms with Crippen LogP contribution in [0, 0.1) is 5.82 Å². The van der Waals surface area contributed by atoms with Crippen LogP contribution in [-0.2, 0) is 17.8 Å². The van der Waals surface area contributed by atoms with Gasteiger partial charge in [0.15, 0.2) is 0 Å². The van der Waals surface area contributed by atoms with Crippen LogP contribution in [0.1, 0.15) is 11.1 Å². The monoisotopic (exact) mass is 268 g/mol. The van der Waals surface area contributed by atoms with Gasteiger partial charge >= 0.3 is 0 Å². The first-order valence-corrected chi connectivity index (χ1v) is 6.66. The Balaban J connectivity index is 1.84. The van der Waals surface area contributed by atoms with E-state index in [1.165, 1.54) is 23.3 Å². The lowest BCUT2D eigenvalue weighted by Crippen LogP contribution is -2.51. The van der Waals surface area contributed by atoms with E-state index < -0.39 is 0 Å². The molecule has 0 spiro atoms. The highest BCUT2D eigenvalue weighted by molar-refractivity contribution is 6.04. The van der Waals surface area contributed by atoms with Crippen LogP contribution in [0.5, 0.6) is 0 Å². The number of carbonyl (C=O) groups is 1. The van der Waals surface area contributed by atoms with E-state index in [1.54, 1.807) is 6.07 Å². The first-order valence-electron chi connectivity index (χ1n) is 6.66. The second kappa shape index (κ2) is 4.07. The summed E-state index contributed by atoms with van der Waals surface area (Å²) in [4.78, 5) is 14.2. The molecule has 1 atom stereocenters. The zero-order valence-electron chi connectivity index (χ0n) is 10.8. The summed E-state index contributed by atoms with van der Waals surface area (Å²) in [6.07, 6.45) is 0.665. The highest BCUT2D eigenvalue weighted by Crippen LogP contribution is 2.37. The molecule has 3 nitrogen and oxygen atoms in total. The standard InChI is InChI=1S/C16H13FN2O/c17-12-5-6-13-14(8-12)19-9-11-4-2-1-3-10(11)7-15(19)16(20)18-13/h1-6,8,15H,7,9H2,(H,18,20). The van der Waals surface area contributed by atoms with E-state index in [9.17, 15) is 9.18 Å². The molecule has 4 rings (SSSR count). The molecule has 0 saturated carbocycles. The highest BCUT2D eigenvalue weighted by Gasteiger charge is 2.36. The largest absolute Gasteiger partial charge is 0.353 e. The second-order valence-corrected chi connectivity index (χ2v) is 5.27. The van der Waals surface area contributed by atoms with E-state index in [-0.39, 0.29) is 17.8 Å². The highest BCUT2D eigenvalue weighted by atomic mass is 19.1. The molecule has 0 saturated heterocycles. The summed E-state index contributed by atoms with van der Waals surface area (Å²) >= 11 is 0. The van der Waals surface area contributed by atoms with Crippen molar-refractivity contribution in [3.63, 3.8) is 0 Å². The quantitative estimate of drug-likeness (QED) is 0.796. The van der Waals surface area contributed by atoms with Gasteiger partial charge in [-0.3, -0.25) is 4.79 Å². The first kappa shape index (κ1) is 11.5. The van der Waals surface area contributed by atoms with Gasteiger partial charge in [-0.25, -0.2) is 4.39 Å². The van der Waals surface area contributed by atoms with Crippen molar-refractivity contribution in [1.82, 2.24) is 0 Å². The molecule has 2 aromatic carbocycles. The number of hydrogen-bond donors (Lipinski definition) is 1. The maximum Gasteiger partial charge on any atom is 0.247 e. The Morgan fingerprint density at radius 3 is 2.80 bits per heavy atom. The van der Waals surface area contributed by atoms with Crippen molar-refractivity contribution in [1.29, 1.82) is 0 Å². The minimum atomic E-state index is -0.280. The molecule has 1 unspecified atom stereocenters. The maximum atomic E-state index is 13.5. The topological polar surface area (TPSA) is 32.3 Å². The van der Waals surface area contributed by atoms with Gasteiger partial charge in [-0.05, 0) is 29.3 Å². The van der Waals surface area contributed by atoms with Crippen LogP contribution < -0.4 is 10.2 Å². The number of anilines is 2. The lowest BCUT2D eigenvalue weighted by Gasteiger charge is -2.41. The molecule has 1 amide bonds. The molecule has 2 heterocycles. The summed E-state index contributed by atoms with van der Waals surface area (Å²) in [6.45, 7) is 0.644. The van der Waals surface area contributed by atoms with Crippen LogP contribution in [-0.4, -0.2) is 11.9 Å². The molecule has 0 aliphatic carbocycles. The van der Waals surface area contributed by atoms with Gasteiger partial charge in [0.25, 0.3) is 0 Å². The molecule has 2 aliphatic heterocycles. The van der Waals surface area contributed by atoms with Crippen LogP contribution in [0.3, 0.4) is 0 Å². The molecular formula is C16H13FN2O. The van der Waals surface area contributed by atoms with Crippen LogP contribution >= 0.6 is 0 Å². The number of nitrogens with zero attached hydrogens (tertiary/aromatic N) is 1. The van der Waals surface area contributed by atoms with Crippen LogP contribution in [0.25, 0.3) is 0 Å². The Morgan fingerprint density at radius 2 is 1.95 bits per heavy atom. The van der Waals surface area contributed by atoms with Gasteiger partial charge in [-0.1, -0.05) is 24.3 Å². The molecular weight excluding hydrogens is 255 g/mol. The Hall–Kier alpha value is -2.36. The third kappa shape index (κ3) is 1.61. The van der Waals surface area contributed by atoms with Gasteiger partial charge in [0.05, 0.1) is 11.4 Å². The predicted octanol–water partition coefficient (Wildman–Crippen LogP) is 2.71. The lowest BCUT2D eigenvalue weighted by molar-refractivity contribution is -0.117. The summed E-state index contributed by atoms with van der Waals surface area (Å²) in [6, 6.07) is 12.3. The van der Waals surface area contributed by atoms with Gasteiger partial charge in [-0.15, -0.1) is 0 Å². The van der Waals surface area contributed by atoms with Crippen molar-refractivity contribution in [3.05, 3.63) is 59.4 Å². The average Bonchev–Trinajstić information content (AvgIpc) is 2.47. The number of fused-ring (bicyclic) bond motifs is 4. The summed E-state index contributed by atoms with van der Waals surface area (Å²) in [5.41, 5.74) is 3.86. The van der Waals surface area contributed by atoms with Gasteiger partial charge in [0.2, 0.25) is 5.91 Å². The van der Waals surface area contributed by atoms with Gasteiger partial charge < -0.3 is 10.2 Å². The Kier molecular flexibility index (Phi) is 2.33. The van der Waals surface area contributed by atoms with Crippen molar-refractivity contribution >= 4 is 17.3 Å². The number of amides is 1. The summed E-state index contributed by atoms with van der Waals surface area (Å²) in [5, 5.41) is 2.87. The van der Waals surface area contributed by atoms with E-state index in [0.717, 1.165) is 5.69 Å². The summed E-state index contributed by atoms with van der Waals surface area (Å²) in [5.74, 6) is -0.295. The van der Waals surface area contributed by atoms with Crippen LogP contribution in [0.2, 0.25) is 0 Å². The third-order valence-electron chi connectivity index (χ3n) is 4.08. The SMILES string of the molecule is O=C1Nc2ccc(F)cc2N2Cc3ccccc3CC12. The normalized spacial score (nSPS) is 19.8.